The highest BCUT2D eigenvalue weighted by atomic mass is 32.1. The number of thiazole rings is 1. The lowest BCUT2D eigenvalue weighted by atomic mass is 10.1. The topological polar surface area (TPSA) is 84.3 Å². The lowest BCUT2D eigenvalue weighted by molar-refractivity contribution is 0.0858. The number of aryl methyl sites for hydroxylation is 1. The Kier molecular flexibility index (Phi) is 4.69. The summed E-state index contributed by atoms with van der Waals surface area (Å²) in [6.07, 6.45) is -0.740. The lowest BCUT2D eigenvalue weighted by Crippen LogP contribution is -2.34. The Morgan fingerprint density at radius 3 is 2.80 bits per heavy atom. The molecule has 0 saturated heterocycles. The summed E-state index contributed by atoms with van der Waals surface area (Å²) in [5.41, 5.74) is 0.660. The van der Waals surface area contributed by atoms with E-state index < -0.39 is 12.1 Å². The lowest BCUT2D eigenvalue weighted by Gasteiger charge is -2.19. The van der Waals surface area contributed by atoms with Gasteiger partial charge in [-0.2, -0.15) is 4.37 Å². The molecule has 1 amide bonds. The van der Waals surface area contributed by atoms with E-state index in [2.05, 4.69) is 14.7 Å². The predicted octanol–water partition coefficient (Wildman–Crippen LogP) is 1.77. The minimum Gasteiger partial charge on any atom is -0.480 e. The molecule has 2 aromatic rings. The first kappa shape index (κ1) is 14.9. The van der Waals surface area contributed by atoms with E-state index >= 15 is 0 Å². The number of rotatable bonds is 5. The Hall–Kier alpha value is -1.51. The van der Waals surface area contributed by atoms with Crippen LogP contribution in [0.4, 0.5) is 0 Å². The van der Waals surface area contributed by atoms with Crippen LogP contribution in [0, 0.1) is 6.92 Å². The molecule has 0 radical (unpaired) electrons. The molecular formula is C12H15N3O3S2. The molecule has 2 rings (SSSR count). The van der Waals surface area contributed by atoms with Crippen LogP contribution in [0.2, 0.25) is 0 Å². The van der Waals surface area contributed by atoms with Gasteiger partial charge >= 0.3 is 0 Å². The van der Waals surface area contributed by atoms with Crippen molar-refractivity contribution < 1.29 is 14.6 Å². The van der Waals surface area contributed by atoms with E-state index in [1.807, 2.05) is 12.3 Å². The third-order valence-electron chi connectivity index (χ3n) is 2.65. The van der Waals surface area contributed by atoms with Gasteiger partial charge in [0.25, 0.3) is 5.91 Å². The van der Waals surface area contributed by atoms with Gasteiger partial charge in [-0.25, -0.2) is 4.98 Å². The minimum absolute atomic E-state index is 0.303. The van der Waals surface area contributed by atoms with Gasteiger partial charge in [0.15, 0.2) is 0 Å². The molecule has 0 bridgehead atoms. The molecule has 2 N–H and O–H groups in total. The van der Waals surface area contributed by atoms with Gasteiger partial charge in [0, 0.05) is 11.4 Å². The van der Waals surface area contributed by atoms with E-state index in [0.29, 0.717) is 16.5 Å². The number of amides is 1. The Labute approximate surface area is 124 Å². The maximum absolute atomic E-state index is 12.1. The van der Waals surface area contributed by atoms with E-state index in [4.69, 9.17) is 4.74 Å². The molecule has 0 aliphatic rings. The van der Waals surface area contributed by atoms with Crippen LogP contribution in [0.25, 0.3) is 0 Å². The zero-order valence-corrected chi connectivity index (χ0v) is 12.9. The fourth-order valence-corrected chi connectivity index (χ4v) is 2.90. The molecule has 2 aromatic heterocycles. The average Bonchev–Trinajstić information content (AvgIpc) is 3.03. The summed E-state index contributed by atoms with van der Waals surface area (Å²) in [7, 11) is 1.49. The molecule has 0 fully saturated rings. The van der Waals surface area contributed by atoms with Crippen molar-refractivity contribution in [2.75, 3.05) is 7.11 Å². The molecule has 0 saturated carbocycles. The van der Waals surface area contributed by atoms with Crippen LogP contribution >= 0.6 is 22.9 Å². The summed E-state index contributed by atoms with van der Waals surface area (Å²) in [5.74, 6) is 0.0978. The number of aliphatic hydroxyl groups excluding tert-OH is 1. The van der Waals surface area contributed by atoms with E-state index in [9.17, 15) is 9.90 Å². The Morgan fingerprint density at radius 1 is 1.55 bits per heavy atom. The average molecular weight is 313 g/mol. The molecule has 20 heavy (non-hydrogen) atoms. The summed E-state index contributed by atoms with van der Waals surface area (Å²) < 4.78 is 8.91. The number of nitrogens with zero attached hydrogens (tertiary/aromatic N) is 2. The molecule has 2 atom stereocenters. The van der Waals surface area contributed by atoms with Gasteiger partial charge in [-0.05, 0) is 25.4 Å². The van der Waals surface area contributed by atoms with Gasteiger partial charge < -0.3 is 15.2 Å². The summed E-state index contributed by atoms with van der Waals surface area (Å²) in [6.45, 7) is 3.50. The molecule has 0 spiro atoms. The largest absolute Gasteiger partial charge is 0.480 e. The van der Waals surface area contributed by atoms with Crippen molar-refractivity contribution in [1.82, 2.24) is 14.7 Å². The van der Waals surface area contributed by atoms with Crippen molar-refractivity contribution in [2.24, 2.45) is 0 Å². The first-order valence-electron chi connectivity index (χ1n) is 5.93. The normalized spacial score (nSPS) is 13.8. The van der Waals surface area contributed by atoms with E-state index in [0.717, 1.165) is 16.5 Å². The first-order valence-corrected chi connectivity index (χ1v) is 7.58. The number of hydrogen-bond donors (Lipinski definition) is 2. The quantitative estimate of drug-likeness (QED) is 0.879. The van der Waals surface area contributed by atoms with E-state index in [-0.39, 0.29) is 5.91 Å². The van der Waals surface area contributed by atoms with Crippen molar-refractivity contribution in [3.8, 4) is 5.88 Å². The maximum Gasteiger partial charge on any atom is 0.263 e. The summed E-state index contributed by atoms with van der Waals surface area (Å²) in [5, 5.41) is 15.3. The van der Waals surface area contributed by atoms with Crippen LogP contribution < -0.4 is 10.1 Å². The molecule has 8 heteroatoms. The van der Waals surface area contributed by atoms with Gasteiger partial charge in [0.1, 0.15) is 4.88 Å². The van der Waals surface area contributed by atoms with Crippen molar-refractivity contribution in [2.45, 2.75) is 26.0 Å². The summed E-state index contributed by atoms with van der Waals surface area (Å²) >= 11 is 2.53. The monoisotopic (exact) mass is 313 g/mol. The summed E-state index contributed by atoms with van der Waals surface area (Å²) in [4.78, 5) is 16.9. The fourth-order valence-electron chi connectivity index (χ4n) is 1.64. The molecule has 0 aliphatic heterocycles. The number of carbonyl (C=O) groups excluding carboxylic acids is 1. The third kappa shape index (κ3) is 3.33. The van der Waals surface area contributed by atoms with Crippen molar-refractivity contribution in [1.29, 1.82) is 0 Å². The van der Waals surface area contributed by atoms with Gasteiger partial charge in [0.05, 0.1) is 30.0 Å². The van der Waals surface area contributed by atoms with Crippen LogP contribution in [-0.2, 0) is 0 Å². The number of aromatic nitrogens is 2. The molecule has 108 valence electrons. The Bertz CT molecular complexity index is 594. The molecular weight excluding hydrogens is 298 g/mol. The predicted molar refractivity (Wildman–Crippen MR) is 77.4 cm³/mol. The molecule has 0 aromatic carbocycles. The Balaban J connectivity index is 2.14. The van der Waals surface area contributed by atoms with Crippen LogP contribution in [0.5, 0.6) is 5.88 Å². The smallest absolute Gasteiger partial charge is 0.263 e. The van der Waals surface area contributed by atoms with Gasteiger partial charge in [-0.3, -0.25) is 4.79 Å². The minimum atomic E-state index is -0.740. The number of methoxy groups -OCH3 is 1. The Morgan fingerprint density at radius 2 is 2.30 bits per heavy atom. The highest BCUT2D eigenvalue weighted by Gasteiger charge is 2.23. The fraction of sp³-hybridized carbons (Fsp3) is 0.417. The van der Waals surface area contributed by atoms with Crippen LogP contribution in [0.3, 0.4) is 0 Å². The van der Waals surface area contributed by atoms with E-state index in [1.165, 1.54) is 18.4 Å². The number of carbonyl (C=O) groups is 1. The van der Waals surface area contributed by atoms with Gasteiger partial charge in [0.2, 0.25) is 5.88 Å². The number of aliphatic hydroxyl groups is 1. The number of hydrogen-bond acceptors (Lipinski definition) is 7. The van der Waals surface area contributed by atoms with Crippen LogP contribution in [-0.4, -0.2) is 33.6 Å². The van der Waals surface area contributed by atoms with Crippen molar-refractivity contribution in [3.63, 3.8) is 0 Å². The van der Waals surface area contributed by atoms with Crippen LogP contribution in [0.1, 0.15) is 33.3 Å². The zero-order chi connectivity index (χ0) is 14.7. The molecule has 6 nitrogen and oxygen atoms in total. The first-order chi connectivity index (χ1) is 9.51. The highest BCUT2D eigenvalue weighted by Crippen LogP contribution is 2.22. The SMILES string of the molecule is COc1cc(C(=O)NC(c2csc(C)n2)C(C)O)sn1. The standard InChI is InChI=1S/C12H15N3O3S2/c1-6(16)11(8-5-19-7(2)13-8)14-12(17)9-4-10(18-3)15-20-9/h4-6,11,16H,1-3H3,(H,14,17). The van der Waals surface area contributed by atoms with Crippen molar-refractivity contribution in [3.05, 3.63) is 27.0 Å². The van der Waals surface area contributed by atoms with Gasteiger partial charge in [-0.15, -0.1) is 11.3 Å². The number of nitrogens with one attached hydrogen (secondary N) is 1. The van der Waals surface area contributed by atoms with Crippen LogP contribution in [0.15, 0.2) is 11.4 Å². The second-order valence-electron chi connectivity index (χ2n) is 4.22. The third-order valence-corrected chi connectivity index (χ3v) is 4.21. The second-order valence-corrected chi connectivity index (χ2v) is 6.08. The zero-order valence-electron chi connectivity index (χ0n) is 11.3. The second kappa shape index (κ2) is 6.29. The molecule has 2 unspecified atom stereocenters. The summed E-state index contributed by atoms with van der Waals surface area (Å²) in [6, 6.07) is 1.02. The highest BCUT2D eigenvalue weighted by molar-refractivity contribution is 7.09. The van der Waals surface area contributed by atoms with Crippen molar-refractivity contribution >= 4 is 28.8 Å². The van der Waals surface area contributed by atoms with Gasteiger partial charge in [-0.1, -0.05) is 0 Å². The maximum atomic E-state index is 12.1. The molecule has 2 heterocycles. The number of ether oxygens (including phenoxy) is 1. The van der Waals surface area contributed by atoms with E-state index in [1.54, 1.807) is 13.0 Å². The molecule has 0 aliphatic carbocycles.